The number of ether oxygens (including phenoxy) is 1. The van der Waals surface area contributed by atoms with Crippen LogP contribution in [0.4, 0.5) is 5.00 Å². The van der Waals surface area contributed by atoms with Crippen LogP contribution in [0.2, 0.25) is 5.02 Å². The number of anilines is 1. The molecule has 2 heterocycles. The highest BCUT2D eigenvalue weighted by atomic mass is 35.5. The summed E-state index contributed by atoms with van der Waals surface area (Å²) in [6.45, 7) is 4.26. The zero-order chi connectivity index (χ0) is 20.8. The number of methoxy groups -OCH3 is 1. The molecule has 29 heavy (non-hydrogen) atoms. The molecule has 0 spiro atoms. The van der Waals surface area contributed by atoms with E-state index >= 15 is 0 Å². The third-order valence-corrected chi connectivity index (χ3v) is 5.80. The first kappa shape index (κ1) is 21.1. The molecule has 3 aromatic rings. The number of thiophene rings is 1. The van der Waals surface area contributed by atoms with E-state index in [0.29, 0.717) is 33.1 Å². The summed E-state index contributed by atoms with van der Waals surface area (Å²) in [7, 11) is 1.30. The monoisotopic (exact) mass is 448 g/mol. The van der Waals surface area contributed by atoms with Crippen LogP contribution in [0.5, 0.6) is 0 Å². The maximum atomic E-state index is 12.4. The summed E-state index contributed by atoms with van der Waals surface area (Å²) in [6.07, 6.45) is 1.73. The molecule has 10 heteroatoms. The summed E-state index contributed by atoms with van der Waals surface area (Å²) in [6, 6.07) is 8.92. The zero-order valence-corrected chi connectivity index (χ0v) is 17.8. The number of hydrogen-bond donors (Lipinski definition) is 1. The smallest absolute Gasteiger partial charge is 0.340 e. The van der Waals surface area contributed by atoms with Crippen molar-refractivity contribution in [3.63, 3.8) is 0 Å². The molecule has 7 nitrogen and oxygen atoms in total. The minimum atomic E-state index is -0.494. The summed E-state index contributed by atoms with van der Waals surface area (Å²) >= 11 is 8.58. The number of allylic oxidation sites excluding steroid dienone is 1. The van der Waals surface area contributed by atoms with Gasteiger partial charge in [0.05, 0.1) is 18.4 Å². The average molecular weight is 449 g/mol. The number of carbonyl (C=O) groups is 2. The Kier molecular flexibility index (Phi) is 7.08. The molecule has 0 saturated heterocycles. The second-order valence-corrected chi connectivity index (χ2v) is 8.00. The molecule has 0 atom stereocenters. The van der Waals surface area contributed by atoms with Crippen molar-refractivity contribution in [1.29, 1.82) is 0 Å². The Labute approximate surface area is 180 Å². The highest BCUT2D eigenvalue weighted by molar-refractivity contribution is 7.99. The van der Waals surface area contributed by atoms with Crippen molar-refractivity contribution in [3.8, 4) is 11.4 Å². The van der Waals surface area contributed by atoms with Gasteiger partial charge in [-0.2, -0.15) is 0 Å². The normalized spacial score (nSPS) is 10.6. The molecule has 0 unspecified atom stereocenters. The summed E-state index contributed by atoms with van der Waals surface area (Å²) in [5.74, 6) is -0.0173. The Balaban J connectivity index is 1.72. The maximum Gasteiger partial charge on any atom is 0.340 e. The van der Waals surface area contributed by atoms with Crippen LogP contribution in [0.15, 0.2) is 53.5 Å². The Morgan fingerprint density at radius 1 is 1.38 bits per heavy atom. The average Bonchev–Trinajstić information content (AvgIpc) is 3.33. The van der Waals surface area contributed by atoms with Crippen molar-refractivity contribution < 1.29 is 14.3 Å². The van der Waals surface area contributed by atoms with Crippen molar-refractivity contribution in [1.82, 2.24) is 14.8 Å². The van der Waals surface area contributed by atoms with Gasteiger partial charge in [-0.15, -0.1) is 28.1 Å². The number of rotatable bonds is 8. The van der Waals surface area contributed by atoms with E-state index in [9.17, 15) is 9.59 Å². The van der Waals surface area contributed by atoms with E-state index in [2.05, 4.69) is 22.1 Å². The van der Waals surface area contributed by atoms with E-state index < -0.39 is 5.97 Å². The lowest BCUT2D eigenvalue weighted by atomic mass is 10.2. The van der Waals surface area contributed by atoms with Gasteiger partial charge in [0, 0.05) is 17.1 Å². The van der Waals surface area contributed by atoms with Crippen molar-refractivity contribution in [2.24, 2.45) is 0 Å². The zero-order valence-electron chi connectivity index (χ0n) is 15.4. The van der Waals surface area contributed by atoms with Gasteiger partial charge in [-0.3, -0.25) is 9.36 Å². The molecule has 0 aliphatic carbocycles. The number of halogens is 1. The second kappa shape index (κ2) is 9.73. The van der Waals surface area contributed by atoms with Crippen LogP contribution in [0.1, 0.15) is 10.4 Å². The predicted octanol–water partition coefficient (Wildman–Crippen LogP) is 4.36. The van der Waals surface area contributed by atoms with E-state index in [1.807, 2.05) is 16.7 Å². The molecule has 0 aliphatic heterocycles. The fraction of sp³-hybridized carbons (Fsp3) is 0.158. The van der Waals surface area contributed by atoms with Crippen LogP contribution >= 0.6 is 34.7 Å². The molecule has 1 amide bonds. The number of hydrogen-bond acceptors (Lipinski definition) is 7. The van der Waals surface area contributed by atoms with Gasteiger partial charge >= 0.3 is 5.97 Å². The van der Waals surface area contributed by atoms with Gasteiger partial charge in [0.2, 0.25) is 5.91 Å². The van der Waals surface area contributed by atoms with Gasteiger partial charge in [0.1, 0.15) is 5.00 Å². The van der Waals surface area contributed by atoms with Gasteiger partial charge < -0.3 is 10.1 Å². The van der Waals surface area contributed by atoms with E-state index in [-0.39, 0.29) is 11.7 Å². The summed E-state index contributed by atoms with van der Waals surface area (Å²) in [5, 5.41) is 14.5. The van der Waals surface area contributed by atoms with E-state index in [1.165, 1.54) is 30.2 Å². The largest absolute Gasteiger partial charge is 0.465 e. The summed E-state index contributed by atoms with van der Waals surface area (Å²) < 4.78 is 6.58. The Morgan fingerprint density at radius 3 is 2.93 bits per heavy atom. The lowest BCUT2D eigenvalue weighted by Gasteiger charge is -2.08. The Morgan fingerprint density at radius 2 is 2.21 bits per heavy atom. The summed E-state index contributed by atoms with van der Waals surface area (Å²) in [4.78, 5) is 24.1. The standard InChI is InChI=1S/C19H17ClN4O3S2/c1-3-8-24-16(12-5-4-6-13(20)10-12)22-23-19(24)29-11-15(25)21-17-14(7-9-28-17)18(26)27-2/h3-7,9-10H,1,8,11H2,2H3,(H,21,25). The Bertz CT molecular complexity index is 1050. The molecule has 150 valence electrons. The van der Waals surface area contributed by atoms with Crippen LogP contribution in [0.25, 0.3) is 11.4 Å². The van der Waals surface area contributed by atoms with Crippen molar-refractivity contribution >= 4 is 51.6 Å². The minimum absolute atomic E-state index is 0.101. The first-order chi connectivity index (χ1) is 14.0. The molecule has 0 saturated carbocycles. The topological polar surface area (TPSA) is 86.1 Å². The molecule has 1 aromatic carbocycles. The number of benzene rings is 1. The second-order valence-electron chi connectivity index (χ2n) is 5.71. The van der Waals surface area contributed by atoms with Crippen LogP contribution in [-0.4, -0.2) is 39.5 Å². The number of nitrogens with one attached hydrogen (secondary N) is 1. The maximum absolute atomic E-state index is 12.4. The number of carbonyl (C=O) groups excluding carboxylic acids is 2. The third-order valence-electron chi connectivity index (χ3n) is 3.77. The number of nitrogens with zero attached hydrogens (tertiary/aromatic N) is 3. The Hall–Kier alpha value is -2.62. The van der Waals surface area contributed by atoms with Gasteiger partial charge in [-0.1, -0.05) is 41.6 Å². The van der Waals surface area contributed by atoms with Crippen LogP contribution in [-0.2, 0) is 16.1 Å². The quantitative estimate of drug-likeness (QED) is 0.313. The highest BCUT2D eigenvalue weighted by Crippen LogP contribution is 2.27. The fourth-order valence-electron chi connectivity index (χ4n) is 2.50. The minimum Gasteiger partial charge on any atom is -0.465 e. The first-order valence-electron chi connectivity index (χ1n) is 8.42. The fourth-order valence-corrected chi connectivity index (χ4v) is 4.23. The molecule has 1 N–H and O–H groups in total. The first-order valence-corrected chi connectivity index (χ1v) is 10.7. The molecule has 0 fully saturated rings. The van der Waals surface area contributed by atoms with E-state index in [0.717, 1.165) is 5.56 Å². The number of amides is 1. The van der Waals surface area contributed by atoms with Crippen molar-refractivity contribution in [2.45, 2.75) is 11.7 Å². The van der Waals surface area contributed by atoms with Crippen molar-refractivity contribution in [3.05, 3.63) is 59.0 Å². The lowest BCUT2D eigenvalue weighted by molar-refractivity contribution is -0.113. The predicted molar refractivity (Wildman–Crippen MR) is 116 cm³/mol. The third kappa shape index (κ3) is 5.06. The SMILES string of the molecule is C=CCn1c(SCC(=O)Nc2sccc2C(=O)OC)nnc1-c1cccc(Cl)c1. The molecule has 0 bridgehead atoms. The van der Waals surface area contributed by atoms with Crippen LogP contribution in [0, 0.1) is 0 Å². The highest BCUT2D eigenvalue weighted by Gasteiger charge is 2.18. The molecule has 3 rings (SSSR count). The molecular weight excluding hydrogens is 432 g/mol. The van der Waals surface area contributed by atoms with E-state index in [1.54, 1.807) is 29.7 Å². The van der Waals surface area contributed by atoms with Crippen LogP contribution < -0.4 is 5.32 Å². The molecular formula is C19H17ClN4O3S2. The number of aromatic nitrogens is 3. The van der Waals surface area contributed by atoms with Gasteiger partial charge in [0.15, 0.2) is 11.0 Å². The van der Waals surface area contributed by atoms with Crippen molar-refractivity contribution in [2.75, 3.05) is 18.2 Å². The number of thioether (sulfide) groups is 1. The summed E-state index contributed by atoms with van der Waals surface area (Å²) in [5.41, 5.74) is 1.15. The van der Waals surface area contributed by atoms with Gasteiger partial charge in [0.25, 0.3) is 0 Å². The van der Waals surface area contributed by atoms with Gasteiger partial charge in [-0.05, 0) is 23.6 Å². The molecule has 0 radical (unpaired) electrons. The number of esters is 1. The lowest BCUT2D eigenvalue weighted by Crippen LogP contribution is -2.16. The molecule has 2 aromatic heterocycles. The van der Waals surface area contributed by atoms with E-state index in [4.69, 9.17) is 16.3 Å². The van der Waals surface area contributed by atoms with Crippen LogP contribution in [0.3, 0.4) is 0 Å². The van der Waals surface area contributed by atoms with Gasteiger partial charge in [-0.25, -0.2) is 4.79 Å². The molecule has 0 aliphatic rings.